The van der Waals surface area contributed by atoms with Gasteiger partial charge in [-0.1, -0.05) is 19.1 Å². The number of ether oxygens (including phenoxy) is 1. The quantitative estimate of drug-likeness (QED) is 0.858. The molecule has 1 atom stereocenters. The second-order valence-corrected chi connectivity index (χ2v) is 5.70. The third kappa shape index (κ3) is 3.66. The van der Waals surface area contributed by atoms with E-state index in [-0.39, 0.29) is 0 Å². The van der Waals surface area contributed by atoms with Crippen molar-refractivity contribution in [2.75, 3.05) is 0 Å². The van der Waals surface area contributed by atoms with Crippen LogP contribution in [0, 0.1) is 0 Å². The molecule has 0 saturated carbocycles. The summed E-state index contributed by atoms with van der Waals surface area (Å²) < 4.78 is 8.84. The van der Waals surface area contributed by atoms with Gasteiger partial charge in [-0.25, -0.2) is 0 Å². The molecule has 5 heteroatoms. The van der Waals surface area contributed by atoms with Gasteiger partial charge in [0.1, 0.15) is 12.4 Å². The SMILES string of the molecule is CCc1nn(CC)c(COc2ccc([C@@H](C)O)cc2)c1Br. The van der Waals surface area contributed by atoms with Crippen molar-refractivity contribution < 1.29 is 9.84 Å². The molecule has 0 aliphatic carbocycles. The lowest BCUT2D eigenvalue weighted by atomic mass is 10.1. The highest BCUT2D eigenvalue weighted by Crippen LogP contribution is 2.24. The highest BCUT2D eigenvalue weighted by atomic mass is 79.9. The molecule has 0 saturated heterocycles. The molecule has 0 radical (unpaired) electrons. The average Bonchev–Trinajstić information content (AvgIpc) is 2.81. The van der Waals surface area contributed by atoms with E-state index in [0.29, 0.717) is 6.61 Å². The Labute approximate surface area is 133 Å². The van der Waals surface area contributed by atoms with E-state index in [1.165, 1.54) is 0 Å². The highest BCUT2D eigenvalue weighted by Gasteiger charge is 2.14. The Bertz CT molecular complexity index is 591. The van der Waals surface area contributed by atoms with Crippen molar-refractivity contribution in [3.8, 4) is 5.75 Å². The first kappa shape index (κ1) is 16.0. The molecule has 1 N–H and O–H groups in total. The molecule has 4 nitrogen and oxygen atoms in total. The Kier molecular flexibility index (Phi) is 5.42. The Hall–Kier alpha value is -1.33. The van der Waals surface area contributed by atoms with Crippen LogP contribution >= 0.6 is 15.9 Å². The molecule has 0 bridgehead atoms. The van der Waals surface area contributed by atoms with Gasteiger partial charge >= 0.3 is 0 Å². The molecule has 114 valence electrons. The summed E-state index contributed by atoms with van der Waals surface area (Å²) in [5.41, 5.74) is 2.99. The predicted molar refractivity (Wildman–Crippen MR) is 86.4 cm³/mol. The summed E-state index contributed by atoms with van der Waals surface area (Å²) in [6.45, 7) is 7.19. The molecule has 0 spiro atoms. The molecule has 1 aromatic heterocycles. The zero-order valence-corrected chi connectivity index (χ0v) is 14.2. The first-order valence-corrected chi connectivity index (χ1v) is 8.01. The molecule has 0 unspecified atom stereocenters. The van der Waals surface area contributed by atoms with Gasteiger partial charge in [-0.2, -0.15) is 5.10 Å². The zero-order valence-electron chi connectivity index (χ0n) is 12.6. The van der Waals surface area contributed by atoms with Crippen LogP contribution in [0.4, 0.5) is 0 Å². The van der Waals surface area contributed by atoms with Gasteiger partial charge in [-0.3, -0.25) is 4.68 Å². The molecular formula is C16H21BrN2O2. The first-order valence-electron chi connectivity index (χ1n) is 7.21. The number of aliphatic hydroxyl groups excluding tert-OH is 1. The van der Waals surface area contributed by atoms with Crippen LogP contribution in [-0.2, 0) is 19.6 Å². The van der Waals surface area contributed by atoms with Crippen molar-refractivity contribution in [1.82, 2.24) is 9.78 Å². The first-order chi connectivity index (χ1) is 10.1. The third-order valence-corrected chi connectivity index (χ3v) is 4.35. The van der Waals surface area contributed by atoms with Crippen molar-refractivity contribution in [2.45, 2.75) is 46.4 Å². The summed E-state index contributed by atoms with van der Waals surface area (Å²) in [5, 5.41) is 14.1. The summed E-state index contributed by atoms with van der Waals surface area (Å²) in [6.07, 6.45) is 0.436. The van der Waals surface area contributed by atoms with Crippen LogP contribution in [0.5, 0.6) is 5.75 Å². The summed E-state index contributed by atoms with van der Waals surface area (Å²) in [5.74, 6) is 0.785. The number of benzene rings is 1. The number of aromatic nitrogens is 2. The Balaban J connectivity index is 2.10. The molecule has 0 aliphatic heterocycles. The van der Waals surface area contributed by atoms with Gasteiger partial charge in [0.05, 0.1) is 22.0 Å². The van der Waals surface area contributed by atoms with E-state index >= 15 is 0 Å². The van der Waals surface area contributed by atoms with Crippen LogP contribution in [-0.4, -0.2) is 14.9 Å². The Morgan fingerprint density at radius 1 is 1.29 bits per heavy atom. The minimum atomic E-state index is -0.457. The van der Waals surface area contributed by atoms with E-state index in [4.69, 9.17) is 4.74 Å². The third-order valence-electron chi connectivity index (χ3n) is 3.43. The largest absolute Gasteiger partial charge is 0.487 e. The van der Waals surface area contributed by atoms with Gasteiger partial charge < -0.3 is 9.84 Å². The second-order valence-electron chi connectivity index (χ2n) is 4.91. The van der Waals surface area contributed by atoms with Gasteiger partial charge in [-0.15, -0.1) is 0 Å². The summed E-state index contributed by atoms with van der Waals surface area (Å²) in [7, 11) is 0. The van der Waals surface area contributed by atoms with Crippen molar-refractivity contribution in [2.24, 2.45) is 0 Å². The number of aliphatic hydroxyl groups is 1. The molecular weight excluding hydrogens is 332 g/mol. The number of rotatable bonds is 6. The van der Waals surface area contributed by atoms with Crippen LogP contribution < -0.4 is 4.74 Å². The monoisotopic (exact) mass is 352 g/mol. The van der Waals surface area contributed by atoms with E-state index in [0.717, 1.165) is 40.1 Å². The Morgan fingerprint density at radius 2 is 1.95 bits per heavy atom. The molecule has 0 aliphatic rings. The lowest BCUT2D eigenvalue weighted by molar-refractivity contribution is 0.199. The smallest absolute Gasteiger partial charge is 0.131 e. The second kappa shape index (κ2) is 7.09. The predicted octanol–water partition coefficient (Wildman–Crippen LogP) is 3.86. The minimum Gasteiger partial charge on any atom is -0.487 e. The Morgan fingerprint density at radius 3 is 2.48 bits per heavy atom. The summed E-state index contributed by atoms with van der Waals surface area (Å²) in [6, 6.07) is 7.51. The van der Waals surface area contributed by atoms with Crippen molar-refractivity contribution >= 4 is 15.9 Å². The molecule has 21 heavy (non-hydrogen) atoms. The lowest BCUT2D eigenvalue weighted by Crippen LogP contribution is -2.06. The van der Waals surface area contributed by atoms with Gasteiger partial charge in [-0.05, 0) is 53.9 Å². The van der Waals surface area contributed by atoms with E-state index in [1.54, 1.807) is 6.92 Å². The van der Waals surface area contributed by atoms with Crippen LogP contribution in [0.15, 0.2) is 28.7 Å². The van der Waals surface area contributed by atoms with E-state index < -0.39 is 6.10 Å². The van der Waals surface area contributed by atoms with Crippen molar-refractivity contribution in [3.05, 3.63) is 45.7 Å². The number of aryl methyl sites for hydroxylation is 2. The molecule has 2 aromatic rings. The fourth-order valence-electron chi connectivity index (χ4n) is 2.15. The lowest BCUT2D eigenvalue weighted by Gasteiger charge is -2.10. The van der Waals surface area contributed by atoms with Crippen LogP contribution in [0.1, 0.15) is 43.8 Å². The maximum absolute atomic E-state index is 9.50. The topological polar surface area (TPSA) is 47.3 Å². The molecule has 1 heterocycles. The zero-order chi connectivity index (χ0) is 15.4. The minimum absolute atomic E-state index is 0.457. The summed E-state index contributed by atoms with van der Waals surface area (Å²) >= 11 is 3.61. The molecule has 2 rings (SSSR count). The van der Waals surface area contributed by atoms with Crippen molar-refractivity contribution in [3.63, 3.8) is 0 Å². The molecule has 1 aromatic carbocycles. The fourth-order valence-corrected chi connectivity index (χ4v) is 2.83. The standard InChI is InChI=1S/C16H21BrN2O2/c1-4-14-16(17)15(19(5-2)18-14)10-21-13-8-6-12(7-9-13)11(3)20/h6-9,11,20H,4-5,10H2,1-3H3/t11-/m1/s1. The van der Waals surface area contributed by atoms with Crippen LogP contribution in [0.25, 0.3) is 0 Å². The number of hydrogen-bond acceptors (Lipinski definition) is 3. The number of halogens is 1. The van der Waals surface area contributed by atoms with Crippen LogP contribution in [0.3, 0.4) is 0 Å². The normalized spacial score (nSPS) is 12.4. The van der Waals surface area contributed by atoms with Gasteiger partial charge in [0, 0.05) is 6.54 Å². The maximum atomic E-state index is 9.50. The van der Waals surface area contributed by atoms with Gasteiger partial charge in [0.15, 0.2) is 0 Å². The molecule has 0 amide bonds. The van der Waals surface area contributed by atoms with Crippen LogP contribution in [0.2, 0.25) is 0 Å². The van der Waals surface area contributed by atoms with Gasteiger partial charge in [0.2, 0.25) is 0 Å². The van der Waals surface area contributed by atoms with Crippen molar-refractivity contribution in [1.29, 1.82) is 0 Å². The fraction of sp³-hybridized carbons (Fsp3) is 0.438. The number of hydrogen-bond donors (Lipinski definition) is 1. The maximum Gasteiger partial charge on any atom is 0.131 e. The highest BCUT2D eigenvalue weighted by molar-refractivity contribution is 9.10. The number of nitrogens with zero attached hydrogens (tertiary/aromatic N) is 2. The van der Waals surface area contributed by atoms with E-state index in [9.17, 15) is 5.11 Å². The average molecular weight is 353 g/mol. The summed E-state index contributed by atoms with van der Waals surface area (Å²) in [4.78, 5) is 0. The molecule has 0 fully saturated rings. The van der Waals surface area contributed by atoms with Gasteiger partial charge in [0.25, 0.3) is 0 Å². The van der Waals surface area contributed by atoms with E-state index in [2.05, 4.69) is 34.9 Å². The van der Waals surface area contributed by atoms with E-state index in [1.807, 2.05) is 28.9 Å².